The number of anilines is 1. The van der Waals surface area contributed by atoms with E-state index in [1.165, 1.54) is 24.1 Å². The van der Waals surface area contributed by atoms with Gasteiger partial charge >= 0.3 is 0 Å². The van der Waals surface area contributed by atoms with E-state index in [1.54, 1.807) is 11.9 Å². The van der Waals surface area contributed by atoms with E-state index in [1.807, 2.05) is 0 Å². The zero-order valence-electron chi connectivity index (χ0n) is 14.3. The average Bonchev–Trinajstić information content (AvgIpc) is 3.40. The predicted molar refractivity (Wildman–Crippen MR) is 97.5 cm³/mol. The van der Waals surface area contributed by atoms with Crippen LogP contribution in [0.5, 0.6) is 5.75 Å². The highest BCUT2D eigenvalue weighted by Gasteiger charge is 2.23. The minimum Gasteiger partial charge on any atom is -0.491 e. The van der Waals surface area contributed by atoms with E-state index in [4.69, 9.17) is 9.47 Å². The molecule has 1 aromatic rings. The third kappa shape index (κ3) is 5.03. The Labute approximate surface area is 144 Å². The van der Waals surface area contributed by atoms with Crippen molar-refractivity contribution in [2.45, 2.75) is 19.8 Å². The molecule has 3 rings (SSSR count). The number of aryl methyl sites for hydroxylation is 1. The van der Waals surface area contributed by atoms with Gasteiger partial charge in [0.2, 0.25) is 0 Å². The summed E-state index contributed by atoms with van der Waals surface area (Å²) in [7, 11) is 0. The maximum absolute atomic E-state index is 6.13. The van der Waals surface area contributed by atoms with Crippen LogP contribution in [-0.2, 0) is 4.74 Å². The molecule has 1 aromatic carbocycles. The quantitative estimate of drug-likeness (QED) is 0.679. The van der Waals surface area contributed by atoms with Crippen LogP contribution in [0.25, 0.3) is 0 Å². The molecule has 2 fully saturated rings. The molecule has 0 spiro atoms. The predicted octanol–water partition coefficient (Wildman–Crippen LogP) is 3.20. The molecule has 0 aromatic heterocycles. The van der Waals surface area contributed by atoms with Gasteiger partial charge < -0.3 is 13.8 Å². The summed E-state index contributed by atoms with van der Waals surface area (Å²) in [6.07, 6.45) is 4.79. The molecule has 1 saturated heterocycles. The van der Waals surface area contributed by atoms with Gasteiger partial charge in [-0.3, -0.25) is 4.90 Å². The van der Waals surface area contributed by atoms with Crippen molar-refractivity contribution in [3.05, 3.63) is 23.8 Å². The van der Waals surface area contributed by atoms with Gasteiger partial charge in [-0.25, -0.2) is 0 Å². The monoisotopic (exact) mass is 336 g/mol. The first-order valence-corrected chi connectivity index (χ1v) is 9.79. The SMILES string of the molecule is CSN(CCN1CCOCC1)c1ccc(C)cc1OCC1CC1. The van der Waals surface area contributed by atoms with Gasteiger partial charge in [0.15, 0.2) is 0 Å². The molecule has 1 aliphatic heterocycles. The van der Waals surface area contributed by atoms with Crippen molar-refractivity contribution in [1.29, 1.82) is 0 Å². The summed E-state index contributed by atoms with van der Waals surface area (Å²) in [5.74, 6) is 1.81. The van der Waals surface area contributed by atoms with Crippen molar-refractivity contribution in [1.82, 2.24) is 4.90 Å². The lowest BCUT2D eigenvalue weighted by Gasteiger charge is -2.30. The summed E-state index contributed by atoms with van der Waals surface area (Å²) in [4.78, 5) is 2.48. The summed E-state index contributed by atoms with van der Waals surface area (Å²) < 4.78 is 13.9. The molecule has 2 aliphatic rings. The summed E-state index contributed by atoms with van der Waals surface area (Å²) in [6.45, 7) is 8.87. The minimum absolute atomic E-state index is 0.777. The van der Waals surface area contributed by atoms with Crippen molar-refractivity contribution >= 4 is 17.6 Å². The standard InChI is InChI=1S/C18H28N2O2S/c1-15-3-6-17(18(13-15)22-14-16-4-5-16)20(23-2)8-7-19-9-11-21-12-10-19/h3,6,13,16H,4-5,7-12,14H2,1-2H3. The van der Waals surface area contributed by atoms with E-state index >= 15 is 0 Å². The molecular formula is C18H28N2O2S. The summed E-state index contributed by atoms with van der Waals surface area (Å²) >= 11 is 1.78. The fraction of sp³-hybridized carbons (Fsp3) is 0.667. The van der Waals surface area contributed by atoms with Crippen LogP contribution in [0.3, 0.4) is 0 Å². The Morgan fingerprint density at radius 2 is 2.09 bits per heavy atom. The van der Waals surface area contributed by atoms with Crippen molar-refractivity contribution in [3.63, 3.8) is 0 Å². The molecule has 128 valence electrons. The molecule has 1 aliphatic carbocycles. The first kappa shape index (κ1) is 16.9. The Hall–Kier alpha value is -0.910. The molecule has 1 saturated carbocycles. The molecule has 1 heterocycles. The van der Waals surface area contributed by atoms with Crippen LogP contribution < -0.4 is 9.04 Å². The van der Waals surface area contributed by atoms with Crippen LogP contribution in [0.15, 0.2) is 18.2 Å². The molecule has 5 heteroatoms. The number of benzene rings is 1. The number of ether oxygens (including phenoxy) is 2. The third-order valence-electron chi connectivity index (χ3n) is 4.50. The van der Waals surface area contributed by atoms with Crippen molar-refractivity contribution in [3.8, 4) is 5.75 Å². The molecular weight excluding hydrogens is 308 g/mol. The van der Waals surface area contributed by atoms with Gasteiger partial charge in [0, 0.05) is 32.4 Å². The Kier molecular flexibility index (Phi) is 6.08. The number of rotatable bonds is 8. The normalized spacial score (nSPS) is 18.9. The number of hydrogen-bond acceptors (Lipinski definition) is 5. The highest BCUT2D eigenvalue weighted by Crippen LogP contribution is 2.35. The molecule has 0 amide bonds. The average molecular weight is 337 g/mol. The van der Waals surface area contributed by atoms with Gasteiger partial charge in [-0.2, -0.15) is 0 Å². The van der Waals surface area contributed by atoms with Gasteiger partial charge in [0.25, 0.3) is 0 Å². The van der Waals surface area contributed by atoms with E-state index in [-0.39, 0.29) is 0 Å². The topological polar surface area (TPSA) is 24.9 Å². The molecule has 0 radical (unpaired) electrons. The second-order valence-electron chi connectivity index (χ2n) is 6.46. The van der Waals surface area contributed by atoms with Gasteiger partial charge in [-0.15, -0.1) is 0 Å². The third-order valence-corrected chi connectivity index (χ3v) is 5.32. The van der Waals surface area contributed by atoms with E-state index in [0.717, 1.165) is 57.7 Å². The van der Waals surface area contributed by atoms with Crippen LogP contribution in [0.1, 0.15) is 18.4 Å². The van der Waals surface area contributed by atoms with E-state index < -0.39 is 0 Å². The summed E-state index contributed by atoms with van der Waals surface area (Å²) in [5.41, 5.74) is 2.46. The maximum Gasteiger partial charge on any atom is 0.143 e. The molecule has 0 bridgehead atoms. The molecule has 0 atom stereocenters. The van der Waals surface area contributed by atoms with Crippen LogP contribution in [0.2, 0.25) is 0 Å². The molecule has 4 nitrogen and oxygen atoms in total. The number of morpholine rings is 1. The van der Waals surface area contributed by atoms with Gasteiger partial charge in [0.05, 0.1) is 25.5 Å². The molecule has 23 heavy (non-hydrogen) atoms. The fourth-order valence-corrected chi connectivity index (χ4v) is 3.41. The Morgan fingerprint density at radius 1 is 1.30 bits per heavy atom. The highest BCUT2D eigenvalue weighted by atomic mass is 32.2. The number of hydrogen-bond donors (Lipinski definition) is 0. The van der Waals surface area contributed by atoms with Crippen molar-refractivity contribution < 1.29 is 9.47 Å². The van der Waals surface area contributed by atoms with Crippen LogP contribution >= 0.6 is 11.9 Å². The lowest BCUT2D eigenvalue weighted by molar-refractivity contribution is 0.0395. The van der Waals surface area contributed by atoms with Crippen LogP contribution in [0, 0.1) is 12.8 Å². The Bertz CT molecular complexity index is 502. The Morgan fingerprint density at radius 3 is 2.78 bits per heavy atom. The van der Waals surface area contributed by atoms with Crippen molar-refractivity contribution in [2.75, 3.05) is 56.6 Å². The number of nitrogens with zero attached hydrogens (tertiary/aromatic N) is 2. The lowest BCUT2D eigenvalue weighted by atomic mass is 10.2. The van der Waals surface area contributed by atoms with E-state index in [2.05, 4.69) is 40.6 Å². The fourth-order valence-electron chi connectivity index (χ4n) is 2.80. The summed E-state index contributed by atoms with van der Waals surface area (Å²) in [6, 6.07) is 6.56. The zero-order chi connectivity index (χ0) is 16.1. The largest absolute Gasteiger partial charge is 0.491 e. The van der Waals surface area contributed by atoms with Crippen LogP contribution in [0.4, 0.5) is 5.69 Å². The Balaban J connectivity index is 1.63. The second kappa shape index (κ2) is 8.27. The highest BCUT2D eigenvalue weighted by molar-refractivity contribution is 7.99. The van der Waals surface area contributed by atoms with Crippen molar-refractivity contribution in [2.24, 2.45) is 5.92 Å². The zero-order valence-corrected chi connectivity index (χ0v) is 15.1. The smallest absolute Gasteiger partial charge is 0.143 e. The summed E-state index contributed by atoms with van der Waals surface area (Å²) in [5, 5.41) is 0. The van der Waals surface area contributed by atoms with Gasteiger partial charge in [0.1, 0.15) is 5.75 Å². The molecule has 0 N–H and O–H groups in total. The van der Waals surface area contributed by atoms with E-state index in [0.29, 0.717) is 0 Å². The second-order valence-corrected chi connectivity index (χ2v) is 7.27. The first-order chi connectivity index (χ1) is 11.3. The first-order valence-electron chi connectivity index (χ1n) is 8.61. The maximum atomic E-state index is 6.13. The molecule has 0 unspecified atom stereocenters. The van der Waals surface area contributed by atoms with E-state index in [9.17, 15) is 0 Å². The minimum atomic E-state index is 0.777. The van der Waals surface area contributed by atoms with Gasteiger partial charge in [-0.05, 0) is 43.4 Å². The van der Waals surface area contributed by atoms with Gasteiger partial charge in [-0.1, -0.05) is 18.0 Å². The van der Waals surface area contributed by atoms with Crippen LogP contribution in [-0.4, -0.2) is 57.2 Å². The lowest BCUT2D eigenvalue weighted by Crippen LogP contribution is -2.40.